The highest BCUT2D eigenvalue weighted by Gasteiger charge is 2.53. The zero-order valence-electron chi connectivity index (χ0n) is 12.9. The first-order chi connectivity index (χ1) is 9.45. The molecule has 1 nitrogen and oxygen atoms in total. The zero-order chi connectivity index (χ0) is 14.4. The molecule has 1 aromatic rings. The lowest BCUT2D eigenvalue weighted by Crippen LogP contribution is -2.45. The van der Waals surface area contributed by atoms with Crippen molar-refractivity contribution in [2.75, 3.05) is 13.1 Å². The summed E-state index contributed by atoms with van der Waals surface area (Å²) in [5.41, 5.74) is 2.48. The van der Waals surface area contributed by atoms with Gasteiger partial charge in [-0.3, -0.25) is 0 Å². The standard InChI is InChI=1S/C18H26BrN/c1-13-10-17(2,3)12-18(13)8-9-20-11-15(18)14-6-4-5-7-16(14)19/h4-7,13,15,20H,8-12H2,1-3H3. The summed E-state index contributed by atoms with van der Waals surface area (Å²) in [6, 6.07) is 8.83. The third-order valence-electron chi connectivity index (χ3n) is 5.74. The van der Waals surface area contributed by atoms with Crippen molar-refractivity contribution < 1.29 is 0 Å². The van der Waals surface area contributed by atoms with Crippen LogP contribution in [0.4, 0.5) is 0 Å². The minimum atomic E-state index is 0.485. The van der Waals surface area contributed by atoms with Crippen molar-refractivity contribution in [1.82, 2.24) is 5.32 Å². The quantitative estimate of drug-likeness (QED) is 0.764. The molecule has 1 aromatic carbocycles. The smallest absolute Gasteiger partial charge is 0.0210 e. The fourth-order valence-corrected chi connectivity index (χ4v) is 5.65. The van der Waals surface area contributed by atoms with Crippen LogP contribution in [0, 0.1) is 16.7 Å². The van der Waals surface area contributed by atoms with Gasteiger partial charge in [-0.25, -0.2) is 0 Å². The molecular weight excluding hydrogens is 310 g/mol. The highest BCUT2D eigenvalue weighted by Crippen LogP contribution is 2.61. The molecule has 110 valence electrons. The second-order valence-electron chi connectivity index (χ2n) is 7.71. The first kappa shape index (κ1) is 14.6. The van der Waals surface area contributed by atoms with Crippen molar-refractivity contribution in [1.29, 1.82) is 0 Å². The molecule has 2 heteroatoms. The van der Waals surface area contributed by atoms with E-state index in [1.54, 1.807) is 0 Å². The largest absolute Gasteiger partial charge is 0.316 e. The van der Waals surface area contributed by atoms with Gasteiger partial charge >= 0.3 is 0 Å². The Labute approximate surface area is 131 Å². The maximum absolute atomic E-state index is 3.78. The van der Waals surface area contributed by atoms with Crippen molar-refractivity contribution in [3.05, 3.63) is 34.3 Å². The van der Waals surface area contributed by atoms with Gasteiger partial charge in [0.05, 0.1) is 0 Å². The van der Waals surface area contributed by atoms with Gasteiger partial charge in [0.2, 0.25) is 0 Å². The van der Waals surface area contributed by atoms with E-state index in [9.17, 15) is 0 Å². The van der Waals surface area contributed by atoms with Crippen molar-refractivity contribution in [2.24, 2.45) is 16.7 Å². The molecule has 1 N–H and O–H groups in total. The SMILES string of the molecule is CC1CC(C)(C)CC12CCNCC2c1ccccc1Br. The Morgan fingerprint density at radius 2 is 2.00 bits per heavy atom. The van der Waals surface area contributed by atoms with Gasteiger partial charge < -0.3 is 5.32 Å². The first-order valence-electron chi connectivity index (χ1n) is 7.90. The van der Waals surface area contributed by atoms with E-state index in [0.717, 1.165) is 12.5 Å². The summed E-state index contributed by atoms with van der Waals surface area (Å²) in [5.74, 6) is 1.46. The predicted octanol–water partition coefficient (Wildman–Crippen LogP) is 4.97. The zero-order valence-corrected chi connectivity index (χ0v) is 14.5. The number of hydrogen-bond donors (Lipinski definition) is 1. The van der Waals surface area contributed by atoms with Crippen LogP contribution < -0.4 is 5.32 Å². The third-order valence-corrected chi connectivity index (χ3v) is 6.46. The van der Waals surface area contributed by atoms with Crippen LogP contribution in [0.1, 0.15) is 51.5 Å². The molecule has 2 fully saturated rings. The van der Waals surface area contributed by atoms with E-state index < -0.39 is 0 Å². The fourth-order valence-electron chi connectivity index (χ4n) is 5.09. The van der Waals surface area contributed by atoms with Crippen LogP contribution >= 0.6 is 15.9 Å². The van der Waals surface area contributed by atoms with Crippen LogP contribution in [-0.4, -0.2) is 13.1 Å². The Balaban J connectivity index is 2.02. The van der Waals surface area contributed by atoms with Crippen molar-refractivity contribution in [3.8, 4) is 0 Å². The summed E-state index contributed by atoms with van der Waals surface area (Å²) in [4.78, 5) is 0. The second kappa shape index (κ2) is 5.14. The summed E-state index contributed by atoms with van der Waals surface area (Å²) >= 11 is 3.78. The van der Waals surface area contributed by atoms with E-state index in [2.05, 4.69) is 66.3 Å². The monoisotopic (exact) mass is 335 g/mol. The Morgan fingerprint density at radius 1 is 1.25 bits per heavy atom. The maximum atomic E-state index is 3.78. The molecular formula is C18H26BrN. The molecule has 0 amide bonds. The van der Waals surface area contributed by atoms with Gasteiger partial charge in [0.25, 0.3) is 0 Å². The molecule has 0 radical (unpaired) electrons. The molecule has 1 saturated carbocycles. The lowest BCUT2D eigenvalue weighted by Gasteiger charge is -2.46. The van der Waals surface area contributed by atoms with Gasteiger partial charge in [-0.15, -0.1) is 0 Å². The lowest BCUT2D eigenvalue weighted by molar-refractivity contribution is 0.108. The maximum Gasteiger partial charge on any atom is 0.0210 e. The highest BCUT2D eigenvalue weighted by atomic mass is 79.9. The summed E-state index contributed by atoms with van der Waals surface area (Å²) in [6.45, 7) is 9.71. The van der Waals surface area contributed by atoms with E-state index in [4.69, 9.17) is 0 Å². The number of nitrogens with one attached hydrogen (secondary N) is 1. The predicted molar refractivity (Wildman–Crippen MR) is 89.0 cm³/mol. The summed E-state index contributed by atoms with van der Waals surface area (Å²) in [7, 11) is 0. The number of rotatable bonds is 1. The molecule has 1 aliphatic heterocycles. The van der Waals surface area contributed by atoms with Crippen molar-refractivity contribution in [3.63, 3.8) is 0 Å². The summed E-state index contributed by atoms with van der Waals surface area (Å²) < 4.78 is 1.28. The Bertz CT molecular complexity index is 496. The van der Waals surface area contributed by atoms with Crippen molar-refractivity contribution >= 4 is 15.9 Å². The van der Waals surface area contributed by atoms with Crippen LogP contribution in [0.3, 0.4) is 0 Å². The van der Waals surface area contributed by atoms with Crippen LogP contribution in [0.5, 0.6) is 0 Å². The summed E-state index contributed by atoms with van der Waals surface area (Å²) in [6.07, 6.45) is 4.06. The molecule has 1 spiro atoms. The molecule has 3 atom stereocenters. The summed E-state index contributed by atoms with van der Waals surface area (Å²) in [5, 5.41) is 3.64. The molecule has 3 rings (SSSR count). The molecule has 20 heavy (non-hydrogen) atoms. The highest BCUT2D eigenvalue weighted by molar-refractivity contribution is 9.10. The number of halogens is 1. The van der Waals surface area contributed by atoms with Gasteiger partial charge in [-0.05, 0) is 54.2 Å². The normalized spacial score (nSPS) is 36.4. The topological polar surface area (TPSA) is 12.0 Å². The molecule has 2 aliphatic rings. The van der Waals surface area contributed by atoms with E-state index in [1.807, 2.05) is 0 Å². The Kier molecular flexibility index (Phi) is 3.75. The third kappa shape index (κ3) is 2.35. The van der Waals surface area contributed by atoms with Crippen LogP contribution in [0.25, 0.3) is 0 Å². The van der Waals surface area contributed by atoms with Gasteiger partial charge in [-0.1, -0.05) is 54.9 Å². The average Bonchev–Trinajstić information content (AvgIpc) is 2.61. The minimum absolute atomic E-state index is 0.485. The molecule has 1 saturated heterocycles. The Morgan fingerprint density at radius 3 is 2.65 bits per heavy atom. The van der Waals surface area contributed by atoms with Gasteiger partial charge in [0.1, 0.15) is 0 Å². The minimum Gasteiger partial charge on any atom is -0.316 e. The molecule has 1 aliphatic carbocycles. The molecule has 3 unspecified atom stereocenters. The van der Waals surface area contributed by atoms with Gasteiger partial charge in [0.15, 0.2) is 0 Å². The van der Waals surface area contributed by atoms with Gasteiger partial charge in [-0.2, -0.15) is 0 Å². The lowest BCUT2D eigenvalue weighted by atomic mass is 9.62. The number of hydrogen-bond acceptors (Lipinski definition) is 1. The number of benzene rings is 1. The van der Waals surface area contributed by atoms with Gasteiger partial charge in [0, 0.05) is 16.9 Å². The first-order valence-corrected chi connectivity index (χ1v) is 8.69. The van der Waals surface area contributed by atoms with E-state index in [1.165, 1.54) is 35.8 Å². The Hall–Kier alpha value is -0.340. The van der Waals surface area contributed by atoms with E-state index in [0.29, 0.717) is 16.7 Å². The molecule has 0 aromatic heterocycles. The van der Waals surface area contributed by atoms with E-state index in [-0.39, 0.29) is 0 Å². The van der Waals surface area contributed by atoms with Crippen LogP contribution in [0.2, 0.25) is 0 Å². The average molecular weight is 336 g/mol. The fraction of sp³-hybridized carbons (Fsp3) is 0.667. The van der Waals surface area contributed by atoms with Crippen LogP contribution in [-0.2, 0) is 0 Å². The van der Waals surface area contributed by atoms with Crippen molar-refractivity contribution in [2.45, 2.75) is 46.0 Å². The molecule has 1 heterocycles. The second-order valence-corrected chi connectivity index (χ2v) is 8.56. The molecule has 0 bridgehead atoms. The number of piperidine rings is 1. The van der Waals surface area contributed by atoms with Crippen LogP contribution in [0.15, 0.2) is 28.7 Å². The van der Waals surface area contributed by atoms with E-state index >= 15 is 0 Å².